The van der Waals surface area contributed by atoms with Crippen LogP contribution in [0.25, 0.3) is 0 Å². The van der Waals surface area contributed by atoms with Gasteiger partial charge in [0.15, 0.2) is 21.2 Å². The Morgan fingerprint density at radius 1 is 1.32 bits per heavy atom. The standard InChI is InChI=1S/C21H24N4O8S/c1-21(18(27)22-30,34(2,31)32)7-8-23-12-16-10-15(11-25(16)19(23)28)6-4-3-5-9-33-20(29)24-13-17(26)14-24/h10-11,17,26,30H,7-9,12-14H2,1-2H3,(H,22,27)/t21-/m1/s1. The fraction of sp³-hybridized carbons (Fsp3) is 0.476. The van der Waals surface area contributed by atoms with Gasteiger partial charge in [-0.15, -0.1) is 0 Å². The Bertz CT molecular complexity index is 1230. The van der Waals surface area contributed by atoms with E-state index in [1.807, 2.05) is 0 Å². The summed E-state index contributed by atoms with van der Waals surface area (Å²) in [5, 5.41) is 18.0. The van der Waals surface area contributed by atoms with Crippen molar-refractivity contribution in [1.29, 1.82) is 0 Å². The number of hydroxylamine groups is 1. The first kappa shape index (κ1) is 25.1. The number of hydrogen-bond acceptors (Lipinski definition) is 8. The molecule has 3 heterocycles. The fourth-order valence-electron chi connectivity index (χ4n) is 3.38. The Morgan fingerprint density at radius 2 is 2.03 bits per heavy atom. The molecule has 1 aromatic heterocycles. The molecule has 1 fully saturated rings. The van der Waals surface area contributed by atoms with E-state index >= 15 is 0 Å². The quantitative estimate of drug-likeness (QED) is 0.263. The number of hydrogen-bond donors (Lipinski definition) is 3. The zero-order chi connectivity index (χ0) is 25.1. The lowest BCUT2D eigenvalue weighted by atomic mass is 10.1. The minimum Gasteiger partial charge on any atom is -0.436 e. The lowest BCUT2D eigenvalue weighted by Gasteiger charge is -2.34. The van der Waals surface area contributed by atoms with Gasteiger partial charge in [-0.25, -0.2) is 23.5 Å². The van der Waals surface area contributed by atoms with Crippen molar-refractivity contribution in [3.8, 4) is 23.7 Å². The zero-order valence-electron chi connectivity index (χ0n) is 18.6. The van der Waals surface area contributed by atoms with Gasteiger partial charge in [0.1, 0.15) is 0 Å². The van der Waals surface area contributed by atoms with Crippen LogP contribution in [0.15, 0.2) is 12.3 Å². The van der Waals surface area contributed by atoms with Crippen molar-refractivity contribution >= 4 is 27.9 Å². The molecule has 0 radical (unpaired) electrons. The number of nitrogens with zero attached hydrogens (tertiary/aromatic N) is 3. The van der Waals surface area contributed by atoms with Gasteiger partial charge in [0, 0.05) is 30.3 Å². The first-order valence-electron chi connectivity index (χ1n) is 10.2. The van der Waals surface area contributed by atoms with E-state index in [2.05, 4.69) is 23.7 Å². The van der Waals surface area contributed by atoms with E-state index < -0.39 is 38.7 Å². The molecule has 34 heavy (non-hydrogen) atoms. The number of nitrogens with one attached hydrogen (secondary N) is 1. The van der Waals surface area contributed by atoms with Crippen LogP contribution in [-0.2, 0) is 25.9 Å². The van der Waals surface area contributed by atoms with E-state index in [0.717, 1.165) is 6.26 Å². The van der Waals surface area contributed by atoms with Gasteiger partial charge in [-0.05, 0) is 37.2 Å². The van der Waals surface area contributed by atoms with Gasteiger partial charge < -0.3 is 19.6 Å². The van der Waals surface area contributed by atoms with E-state index in [4.69, 9.17) is 15.1 Å². The van der Waals surface area contributed by atoms with Crippen LogP contribution in [0.5, 0.6) is 0 Å². The lowest BCUT2D eigenvalue weighted by Crippen LogP contribution is -2.53. The average molecular weight is 493 g/mol. The third-order valence-corrected chi connectivity index (χ3v) is 7.76. The molecule has 1 aromatic rings. The van der Waals surface area contributed by atoms with Crippen molar-refractivity contribution in [3.05, 3.63) is 23.5 Å². The minimum absolute atomic E-state index is 0.0148. The molecule has 0 aromatic carbocycles. The molecular formula is C21H24N4O8S. The minimum atomic E-state index is -3.86. The number of fused-ring (bicyclic) bond motifs is 1. The normalized spacial score (nSPS) is 16.9. The summed E-state index contributed by atoms with van der Waals surface area (Å²) in [6.07, 6.45) is 1.17. The number of aliphatic hydroxyl groups excluding tert-OH is 1. The lowest BCUT2D eigenvalue weighted by molar-refractivity contribution is -0.131. The Balaban J connectivity index is 1.53. The second-order valence-corrected chi connectivity index (χ2v) is 10.6. The zero-order valence-corrected chi connectivity index (χ0v) is 19.4. The molecule has 12 nitrogen and oxygen atoms in total. The average Bonchev–Trinajstić information content (AvgIpc) is 3.28. The van der Waals surface area contributed by atoms with Crippen LogP contribution < -0.4 is 5.48 Å². The molecule has 3 N–H and O–H groups in total. The van der Waals surface area contributed by atoms with Crippen LogP contribution >= 0.6 is 0 Å². The summed E-state index contributed by atoms with van der Waals surface area (Å²) in [6, 6.07) is 1.30. The third kappa shape index (κ3) is 5.17. The molecule has 2 aliphatic rings. The molecule has 1 saturated heterocycles. The molecule has 0 spiro atoms. The highest BCUT2D eigenvalue weighted by Crippen LogP contribution is 2.25. The van der Waals surface area contributed by atoms with Crippen LogP contribution in [0.1, 0.15) is 24.6 Å². The Morgan fingerprint density at radius 3 is 2.62 bits per heavy atom. The number of likely N-dealkylation sites (tertiary alicyclic amines) is 1. The van der Waals surface area contributed by atoms with Crippen LogP contribution in [0, 0.1) is 23.7 Å². The fourth-order valence-corrected chi connectivity index (χ4v) is 4.22. The van der Waals surface area contributed by atoms with E-state index in [9.17, 15) is 22.8 Å². The van der Waals surface area contributed by atoms with Crippen LogP contribution in [0.4, 0.5) is 9.59 Å². The van der Waals surface area contributed by atoms with Crippen LogP contribution in [-0.4, -0.2) is 94.5 Å². The smallest absolute Gasteiger partial charge is 0.410 e. The highest BCUT2D eigenvalue weighted by molar-refractivity contribution is 7.92. The number of sulfone groups is 1. The van der Waals surface area contributed by atoms with Gasteiger partial charge in [0.2, 0.25) is 0 Å². The molecule has 0 bridgehead atoms. The van der Waals surface area contributed by atoms with E-state index in [1.165, 1.54) is 33.0 Å². The molecule has 0 unspecified atom stereocenters. The van der Waals surface area contributed by atoms with Crippen molar-refractivity contribution in [2.45, 2.75) is 30.7 Å². The summed E-state index contributed by atoms with van der Waals surface area (Å²) < 4.78 is 28.5. The Hall–Kier alpha value is -3.52. The number of aromatic nitrogens is 1. The number of carbonyl (C=O) groups excluding carboxylic acids is 3. The summed E-state index contributed by atoms with van der Waals surface area (Å²) >= 11 is 0. The van der Waals surface area contributed by atoms with E-state index in [1.54, 1.807) is 6.07 Å². The first-order valence-corrected chi connectivity index (χ1v) is 12.1. The number of carbonyl (C=O) groups is 3. The maximum absolute atomic E-state index is 12.6. The molecule has 3 rings (SSSR count). The number of rotatable bonds is 6. The van der Waals surface area contributed by atoms with Crippen LogP contribution in [0.3, 0.4) is 0 Å². The van der Waals surface area contributed by atoms with Crippen molar-refractivity contribution < 1.29 is 37.9 Å². The molecule has 0 aliphatic carbocycles. The predicted octanol–water partition coefficient (Wildman–Crippen LogP) is -0.861. The SMILES string of the molecule is C[C@@](CCN1Cc2cc(C#CC#CCOC(=O)N3CC(O)C3)cn2C1=O)(C(=O)NO)S(C)(=O)=O. The maximum Gasteiger partial charge on any atom is 0.410 e. The highest BCUT2D eigenvalue weighted by Gasteiger charge is 2.44. The number of β-amino-alcohol motifs (C(OH)–C–C–N with tert-alkyl or cyclic N) is 1. The second kappa shape index (κ2) is 9.77. The Kier molecular flexibility index (Phi) is 7.21. The van der Waals surface area contributed by atoms with Gasteiger partial charge >= 0.3 is 12.1 Å². The van der Waals surface area contributed by atoms with E-state index in [0.29, 0.717) is 11.3 Å². The largest absolute Gasteiger partial charge is 0.436 e. The molecule has 182 valence electrons. The summed E-state index contributed by atoms with van der Waals surface area (Å²) in [5.41, 5.74) is 2.56. The summed E-state index contributed by atoms with van der Waals surface area (Å²) in [5.74, 6) is 9.47. The van der Waals surface area contributed by atoms with Crippen molar-refractivity contribution in [1.82, 2.24) is 19.8 Å². The van der Waals surface area contributed by atoms with Gasteiger partial charge in [0.05, 0.1) is 25.7 Å². The maximum atomic E-state index is 12.6. The molecule has 2 aliphatic heterocycles. The van der Waals surface area contributed by atoms with Gasteiger partial charge in [0.25, 0.3) is 5.91 Å². The third-order valence-electron chi connectivity index (χ3n) is 5.73. The molecular weight excluding hydrogens is 468 g/mol. The molecule has 1 atom stereocenters. The summed E-state index contributed by atoms with van der Waals surface area (Å²) in [4.78, 5) is 38.9. The topological polar surface area (TPSA) is 158 Å². The number of ether oxygens (including phenoxy) is 1. The number of amides is 3. The monoisotopic (exact) mass is 492 g/mol. The van der Waals surface area contributed by atoms with Gasteiger partial charge in [-0.3, -0.25) is 14.6 Å². The molecule has 13 heteroatoms. The van der Waals surface area contributed by atoms with Crippen molar-refractivity contribution in [3.63, 3.8) is 0 Å². The summed E-state index contributed by atoms with van der Waals surface area (Å²) in [7, 11) is -3.86. The summed E-state index contributed by atoms with van der Waals surface area (Å²) in [6.45, 7) is 1.74. The molecule has 0 saturated carbocycles. The first-order chi connectivity index (χ1) is 16.0. The van der Waals surface area contributed by atoms with Crippen molar-refractivity contribution in [2.24, 2.45) is 0 Å². The molecule has 3 amide bonds. The van der Waals surface area contributed by atoms with Gasteiger partial charge in [-0.2, -0.15) is 0 Å². The van der Waals surface area contributed by atoms with Crippen molar-refractivity contribution in [2.75, 3.05) is 32.5 Å². The highest BCUT2D eigenvalue weighted by atomic mass is 32.2. The van der Waals surface area contributed by atoms with Gasteiger partial charge in [-0.1, -0.05) is 5.92 Å². The predicted molar refractivity (Wildman–Crippen MR) is 117 cm³/mol. The van der Waals surface area contributed by atoms with Crippen LogP contribution in [0.2, 0.25) is 0 Å². The second-order valence-electron chi connectivity index (χ2n) is 8.15. The number of aliphatic hydroxyl groups is 1. The Labute approximate surface area is 196 Å². The van der Waals surface area contributed by atoms with E-state index in [-0.39, 0.29) is 39.2 Å².